The SMILES string of the molecule is COc1cc([N+](=O)[O-])ccc1C#CCCS. The van der Waals surface area contributed by atoms with E-state index in [1.807, 2.05) is 0 Å². The van der Waals surface area contributed by atoms with Gasteiger partial charge >= 0.3 is 0 Å². The molecular weight excluding hydrogens is 226 g/mol. The fourth-order valence-corrected chi connectivity index (χ4v) is 1.22. The molecule has 0 fully saturated rings. The second kappa shape index (κ2) is 6.03. The van der Waals surface area contributed by atoms with Crippen molar-refractivity contribution in [3.63, 3.8) is 0 Å². The number of hydrogen-bond acceptors (Lipinski definition) is 4. The number of nitrogens with zero attached hydrogens (tertiary/aromatic N) is 1. The summed E-state index contributed by atoms with van der Waals surface area (Å²) in [7, 11) is 1.46. The third-order valence-corrected chi connectivity index (χ3v) is 2.08. The van der Waals surface area contributed by atoms with Crippen molar-refractivity contribution in [3.8, 4) is 17.6 Å². The normalized spacial score (nSPS) is 9.12. The quantitative estimate of drug-likeness (QED) is 0.380. The van der Waals surface area contributed by atoms with Gasteiger partial charge in [0.05, 0.1) is 23.7 Å². The van der Waals surface area contributed by atoms with E-state index in [1.165, 1.54) is 19.2 Å². The van der Waals surface area contributed by atoms with Crippen molar-refractivity contribution in [2.45, 2.75) is 6.42 Å². The van der Waals surface area contributed by atoms with Crippen molar-refractivity contribution in [1.82, 2.24) is 0 Å². The molecule has 0 heterocycles. The van der Waals surface area contributed by atoms with Crippen LogP contribution in [0.3, 0.4) is 0 Å². The van der Waals surface area contributed by atoms with Gasteiger partial charge in [-0.1, -0.05) is 11.8 Å². The number of non-ortho nitro benzene ring substituents is 1. The molecule has 0 radical (unpaired) electrons. The molecular formula is C11H11NO3S. The first-order valence-corrected chi connectivity index (χ1v) is 5.24. The molecule has 0 amide bonds. The van der Waals surface area contributed by atoms with Gasteiger partial charge in [0.25, 0.3) is 5.69 Å². The number of benzene rings is 1. The smallest absolute Gasteiger partial charge is 0.273 e. The fraction of sp³-hybridized carbons (Fsp3) is 0.273. The van der Waals surface area contributed by atoms with Gasteiger partial charge in [0.15, 0.2) is 0 Å². The number of nitro groups is 1. The Bertz CT molecular complexity index is 448. The van der Waals surface area contributed by atoms with Crippen LogP contribution in [-0.2, 0) is 0 Å². The Morgan fingerprint density at radius 2 is 2.31 bits per heavy atom. The minimum Gasteiger partial charge on any atom is -0.495 e. The number of methoxy groups -OCH3 is 1. The van der Waals surface area contributed by atoms with Gasteiger partial charge in [-0.3, -0.25) is 10.1 Å². The highest BCUT2D eigenvalue weighted by Gasteiger charge is 2.09. The summed E-state index contributed by atoms with van der Waals surface area (Å²) in [5.41, 5.74) is 0.645. The summed E-state index contributed by atoms with van der Waals surface area (Å²) in [6.07, 6.45) is 0.670. The maximum atomic E-state index is 10.5. The third kappa shape index (κ3) is 3.17. The van der Waals surface area contributed by atoms with E-state index in [-0.39, 0.29) is 5.69 Å². The van der Waals surface area contributed by atoms with Gasteiger partial charge in [-0.2, -0.15) is 12.6 Å². The first-order chi connectivity index (χ1) is 7.69. The van der Waals surface area contributed by atoms with Crippen LogP contribution < -0.4 is 4.74 Å². The molecule has 1 aromatic rings. The molecule has 0 saturated heterocycles. The Hall–Kier alpha value is -1.67. The summed E-state index contributed by atoms with van der Waals surface area (Å²) < 4.78 is 5.04. The van der Waals surface area contributed by atoms with Crippen molar-refractivity contribution in [2.24, 2.45) is 0 Å². The van der Waals surface area contributed by atoms with E-state index in [9.17, 15) is 10.1 Å². The molecule has 0 aromatic heterocycles. The van der Waals surface area contributed by atoms with Crippen LogP contribution >= 0.6 is 12.6 Å². The highest BCUT2D eigenvalue weighted by Crippen LogP contribution is 2.23. The average Bonchev–Trinajstić information content (AvgIpc) is 2.29. The Morgan fingerprint density at radius 1 is 1.56 bits per heavy atom. The minimum absolute atomic E-state index is 0.00315. The summed E-state index contributed by atoms with van der Waals surface area (Å²) in [5, 5.41) is 10.5. The maximum Gasteiger partial charge on any atom is 0.273 e. The Kier molecular flexibility index (Phi) is 4.67. The number of nitro benzene ring substituents is 1. The van der Waals surface area contributed by atoms with Gasteiger partial charge in [-0.15, -0.1) is 0 Å². The predicted molar refractivity (Wildman–Crippen MR) is 65.0 cm³/mol. The van der Waals surface area contributed by atoms with E-state index < -0.39 is 4.92 Å². The van der Waals surface area contributed by atoms with Gasteiger partial charge in [-0.25, -0.2) is 0 Å². The van der Waals surface area contributed by atoms with Gasteiger partial charge in [0, 0.05) is 18.2 Å². The lowest BCUT2D eigenvalue weighted by atomic mass is 10.2. The van der Waals surface area contributed by atoms with E-state index >= 15 is 0 Å². The topological polar surface area (TPSA) is 52.4 Å². The summed E-state index contributed by atoms with van der Waals surface area (Å²) in [5.74, 6) is 6.88. The zero-order valence-corrected chi connectivity index (χ0v) is 9.66. The van der Waals surface area contributed by atoms with Crippen LogP contribution in [0.5, 0.6) is 5.75 Å². The van der Waals surface area contributed by atoms with E-state index in [1.54, 1.807) is 6.07 Å². The number of ether oxygens (including phenoxy) is 1. The maximum absolute atomic E-state index is 10.5. The summed E-state index contributed by atoms with van der Waals surface area (Å²) >= 11 is 4.04. The standard InChI is InChI=1S/C11H11NO3S/c1-15-11-8-10(12(13)14)6-5-9(11)4-2-3-7-16/h5-6,8,16H,3,7H2,1H3. The third-order valence-electron chi connectivity index (χ3n) is 1.86. The molecule has 0 spiro atoms. The van der Waals surface area contributed by atoms with Gasteiger partial charge in [0.1, 0.15) is 5.75 Å². The highest BCUT2D eigenvalue weighted by atomic mass is 32.1. The predicted octanol–water partition coefficient (Wildman–Crippen LogP) is 2.27. The van der Waals surface area contributed by atoms with E-state index in [2.05, 4.69) is 24.5 Å². The summed E-state index contributed by atoms with van der Waals surface area (Å²) in [6, 6.07) is 4.36. The average molecular weight is 237 g/mol. The largest absolute Gasteiger partial charge is 0.495 e. The highest BCUT2D eigenvalue weighted by molar-refractivity contribution is 7.80. The van der Waals surface area contributed by atoms with Crippen LogP contribution in [0.15, 0.2) is 18.2 Å². The molecule has 4 nitrogen and oxygen atoms in total. The van der Waals surface area contributed by atoms with Crippen molar-refractivity contribution in [2.75, 3.05) is 12.9 Å². The number of hydrogen-bond donors (Lipinski definition) is 1. The molecule has 5 heteroatoms. The molecule has 0 aliphatic carbocycles. The fourth-order valence-electron chi connectivity index (χ4n) is 1.11. The van der Waals surface area contributed by atoms with Crippen molar-refractivity contribution in [1.29, 1.82) is 0 Å². The monoisotopic (exact) mass is 237 g/mol. The molecule has 0 bridgehead atoms. The Labute approximate surface area is 99.2 Å². The zero-order chi connectivity index (χ0) is 12.0. The number of rotatable bonds is 3. The van der Waals surface area contributed by atoms with E-state index in [0.29, 0.717) is 23.5 Å². The van der Waals surface area contributed by atoms with Crippen molar-refractivity contribution in [3.05, 3.63) is 33.9 Å². The zero-order valence-electron chi connectivity index (χ0n) is 8.77. The lowest BCUT2D eigenvalue weighted by molar-refractivity contribution is -0.384. The van der Waals surface area contributed by atoms with Crippen LogP contribution in [0.1, 0.15) is 12.0 Å². The first kappa shape index (κ1) is 12.4. The van der Waals surface area contributed by atoms with E-state index in [4.69, 9.17) is 4.74 Å². The van der Waals surface area contributed by atoms with Crippen molar-refractivity contribution >= 4 is 18.3 Å². The minimum atomic E-state index is -0.465. The molecule has 16 heavy (non-hydrogen) atoms. The molecule has 0 aliphatic heterocycles. The second-order valence-electron chi connectivity index (χ2n) is 2.92. The molecule has 0 saturated carbocycles. The van der Waals surface area contributed by atoms with Crippen LogP contribution in [0.4, 0.5) is 5.69 Å². The Balaban J connectivity index is 3.03. The molecule has 1 rings (SSSR count). The molecule has 0 atom stereocenters. The van der Waals surface area contributed by atoms with Crippen LogP contribution in [0, 0.1) is 22.0 Å². The molecule has 0 aliphatic rings. The summed E-state index contributed by atoms with van der Waals surface area (Å²) in [4.78, 5) is 10.1. The van der Waals surface area contributed by atoms with Gasteiger partial charge < -0.3 is 4.74 Å². The van der Waals surface area contributed by atoms with Gasteiger partial charge in [-0.05, 0) is 6.07 Å². The first-order valence-electron chi connectivity index (χ1n) is 4.61. The lowest BCUT2D eigenvalue weighted by Gasteiger charge is -2.02. The van der Waals surface area contributed by atoms with Crippen LogP contribution in [0.25, 0.3) is 0 Å². The molecule has 1 aromatic carbocycles. The van der Waals surface area contributed by atoms with Gasteiger partial charge in [0.2, 0.25) is 0 Å². The van der Waals surface area contributed by atoms with Crippen LogP contribution in [-0.4, -0.2) is 17.8 Å². The van der Waals surface area contributed by atoms with E-state index in [0.717, 1.165) is 0 Å². The molecule has 84 valence electrons. The van der Waals surface area contributed by atoms with Crippen LogP contribution in [0.2, 0.25) is 0 Å². The second-order valence-corrected chi connectivity index (χ2v) is 3.36. The molecule has 0 N–H and O–H groups in total. The lowest BCUT2D eigenvalue weighted by Crippen LogP contribution is -1.92. The number of thiol groups is 1. The van der Waals surface area contributed by atoms with Crippen molar-refractivity contribution < 1.29 is 9.66 Å². The molecule has 0 unspecified atom stereocenters. The Morgan fingerprint density at radius 3 is 2.88 bits per heavy atom. The summed E-state index contributed by atoms with van der Waals surface area (Å²) in [6.45, 7) is 0.